The molecule has 24 heavy (non-hydrogen) atoms. The molecule has 9 heteroatoms. The molecule has 3 heterocycles. The summed E-state index contributed by atoms with van der Waals surface area (Å²) >= 11 is 0. The van der Waals surface area contributed by atoms with Crippen molar-refractivity contribution in [3.63, 3.8) is 0 Å². The predicted molar refractivity (Wildman–Crippen MR) is 89.2 cm³/mol. The van der Waals surface area contributed by atoms with Gasteiger partial charge in [0.25, 0.3) is 10.0 Å². The molecule has 1 unspecified atom stereocenters. The third-order valence-electron chi connectivity index (χ3n) is 3.86. The molecule has 1 saturated heterocycles. The highest BCUT2D eigenvalue weighted by Crippen LogP contribution is 2.26. The zero-order valence-electron chi connectivity index (χ0n) is 14.0. The fourth-order valence-electron chi connectivity index (χ4n) is 2.55. The molecule has 2 aromatic rings. The first-order valence-electron chi connectivity index (χ1n) is 7.62. The number of imidazole rings is 1. The molecule has 130 valence electrons. The molecular formula is C15H21N5O3S. The molecule has 1 aliphatic rings. The Morgan fingerprint density at radius 1 is 1.33 bits per heavy atom. The summed E-state index contributed by atoms with van der Waals surface area (Å²) in [5, 5.41) is 0.0562. The zero-order chi connectivity index (χ0) is 17.3. The Balaban J connectivity index is 1.83. The molecule has 0 amide bonds. The van der Waals surface area contributed by atoms with Crippen molar-refractivity contribution >= 4 is 15.8 Å². The van der Waals surface area contributed by atoms with Crippen LogP contribution in [-0.2, 0) is 21.8 Å². The summed E-state index contributed by atoms with van der Waals surface area (Å²) in [5.41, 5.74) is 0.724. The molecule has 0 bridgehead atoms. The van der Waals surface area contributed by atoms with Crippen LogP contribution in [0.5, 0.6) is 0 Å². The van der Waals surface area contributed by atoms with E-state index in [1.165, 1.54) is 16.8 Å². The van der Waals surface area contributed by atoms with E-state index >= 15 is 0 Å². The van der Waals surface area contributed by atoms with Crippen LogP contribution in [0.15, 0.2) is 35.7 Å². The third-order valence-corrected chi connectivity index (χ3v) is 5.61. The van der Waals surface area contributed by atoms with Gasteiger partial charge < -0.3 is 14.2 Å². The Kier molecular flexibility index (Phi) is 4.57. The fraction of sp³-hybridized carbons (Fsp3) is 0.467. The number of pyridine rings is 1. The summed E-state index contributed by atoms with van der Waals surface area (Å²) in [5.74, 6) is 0.806. The lowest BCUT2D eigenvalue weighted by molar-refractivity contribution is -0.00494. The van der Waals surface area contributed by atoms with Gasteiger partial charge in [0.15, 0.2) is 5.03 Å². The second kappa shape index (κ2) is 6.50. The van der Waals surface area contributed by atoms with Gasteiger partial charge in [0.1, 0.15) is 11.9 Å². The van der Waals surface area contributed by atoms with Crippen LogP contribution in [0.3, 0.4) is 0 Å². The maximum absolute atomic E-state index is 12.7. The van der Waals surface area contributed by atoms with E-state index in [1.54, 1.807) is 11.6 Å². The summed E-state index contributed by atoms with van der Waals surface area (Å²) in [7, 11) is 1.93. The van der Waals surface area contributed by atoms with Crippen LogP contribution in [0, 0.1) is 0 Å². The van der Waals surface area contributed by atoms with Crippen LogP contribution < -0.4 is 4.90 Å². The molecule has 2 aromatic heterocycles. The number of hydrogen-bond donors (Lipinski definition) is 0. The van der Waals surface area contributed by atoms with E-state index in [9.17, 15) is 8.42 Å². The van der Waals surface area contributed by atoms with Crippen LogP contribution in [0.2, 0.25) is 0 Å². The molecule has 3 rings (SSSR count). The van der Waals surface area contributed by atoms with Gasteiger partial charge in [0.05, 0.1) is 18.6 Å². The standard InChI is InChI=1S/C15H21N5O3S/c1-18(2)14-6-4-5-12(17-14)13-9-20(7-8-23-13)24(21,22)15-10-19(3)11-16-15/h4-6,10-11,13H,7-9H2,1-3H3. The molecule has 0 aromatic carbocycles. The highest BCUT2D eigenvalue weighted by atomic mass is 32.2. The molecule has 0 N–H and O–H groups in total. The third kappa shape index (κ3) is 3.28. The molecule has 0 saturated carbocycles. The first-order valence-corrected chi connectivity index (χ1v) is 9.06. The fourth-order valence-corrected chi connectivity index (χ4v) is 3.94. The lowest BCUT2D eigenvalue weighted by Crippen LogP contribution is -2.42. The number of rotatable bonds is 4. The number of sulfonamides is 1. The lowest BCUT2D eigenvalue weighted by atomic mass is 10.2. The Morgan fingerprint density at radius 2 is 2.12 bits per heavy atom. The first kappa shape index (κ1) is 16.9. The van der Waals surface area contributed by atoms with Crippen LogP contribution in [0.4, 0.5) is 5.82 Å². The summed E-state index contributed by atoms with van der Waals surface area (Å²) in [6, 6.07) is 5.65. The SMILES string of the molecule is CN(C)c1cccc(C2CN(S(=O)(=O)c3cn(C)cn3)CCO2)n1. The molecule has 0 radical (unpaired) electrons. The van der Waals surface area contributed by atoms with Gasteiger partial charge >= 0.3 is 0 Å². The van der Waals surface area contributed by atoms with Gasteiger partial charge in [0.2, 0.25) is 0 Å². The molecule has 0 aliphatic carbocycles. The topological polar surface area (TPSA) is 80.6 Å². The van der Waals surface area contributed by atoms with Gasteiger partial charge in [-0.15, -0.1) is 0 Å². The van der Waals surface area contributed by atoms with E-state index in [1.807, 2.05) is 37.2 Å². The van der Waals surface area contributed by atoms with E-state index in [0.29, 0.717) is 13.2 Å². The molecule has 1 fully saturated rings. The van der Waals surface area contributed by atoms with Gasteiger partial charge in [-0.3, -0.25) is 0 Å². The maximum Gasteiger partial charge on any atom is 0.262 e. The van der Waals surface area contributed by atoms with E-state index in [4.69, 9.17) is 4.74 Å². The Hall–Kier alpha value is -1.97. The van der Waals surface area contributed by atoms with E-state index < -0.39 is 16.1 Å². The molecule has 1 aliphatic heterocycles. The smallest absolute Gasteiger partial charge is 0.262 e. The normalized spacial score (nSPS) is 19.4. The van der Waals surface area contributed by atoms with E-state index in [-0.39, 0.29) is 11.6 Å². The molecule has 1 atom stereocenters. The monoisotopic (exact) mass is 351 g/mol. The van der Waals surface area contributed by atoms with E-state index in [0.717, 1.165) is 11.5 Å². The van der Waals surface area contributed by atoms with Crippen LogP contribution in [0.25, 0.3) is 0 Å². The van der Waals surface area contributed by atoms with Crippen LogP contribution in [-0.4, -0.2) is 61.0 Å². The van der Waals surface area contributed by atoms with Crippen molar-refractivity contribution in [3.05, 3.63) is 36.4 Å². The van der Waals surface area contributed by atoms with Crippen molar-refractivity contribution in [1.82, 2.24) is 18.8 Å². The summed E-state index contributed by atoms with van der Waals surface area (Å²) < 4.78 is 34.2. The van der Waals surface area contributed by atoms with Gasteiger partial charge in [-0.25, -0.2) is 18.4 Å². The van der Waals surface area contributed by atoms with Crippen molar-refractivity contribution in [2.24, 2.45) is 7.05 Å². The zero-order valence-corrected chi connectivity index (χ0v) is 14.8. The Labute approximate surface area is 141 Å². The van der Waals surface area contributed by atoms with Crippen molar-refractivity contribution in [3.8, 4) is 0 Å². The molecule has 0 spiro atoms. The van der Waals surface area contributed by atoms with Crippen molar-refractivity contribution in [2.75, 3.05) is 38.7 Å². The van der Waals surface area contributed by atoms with Gasteiger partial charge in [-0.2, -0.15) is 4.31 Å². The average Bonchev–Trinajstić information content (AvgIpc) is 3.02. The van der Waals surface area contributed by atoms with Crippen molar-refractivity contribution in [1.29, 1.82) is 0 Å². The minimum absolute atomic E-state index is 0.0562. The predicted octanol–water partition coefficient (Wildman–Crippen LogP) is 0.643. The highest BCUT2D eigenvalue weighted by Gasteiger charge is 2.33. The molecular weight excluding hydrogens is 330 g/mol. The number of aryl methyl sites for hydroxylation is 1. The quantitative estimate of drug-likeness (QED) is 0.804. The summed E-state index contributed by atoms with van der Waals surface area (Å²) in [4.78, 5) is 10.4. The number of hydrogen-bond acceptors (Lipinski definition) is 6. The number of anilines is 1. The summed E-state index contributed by atoms with van der Waals surface area (Å²) in [6.45, 7) is 0.857. The number of aromatic nitrogens is 3. The van der Waals surface area contributed by atoms with Crippen LogP contribution >= 0.6 is 0 Å². The van der Waals surface area contributed by atoms with Crippen molar-refractivity contribution < 1.29 is 13.2 Å². The minimum Gasteiger partial charge on any atom is -0.369 e. The van der Waals surface area contributed by atoms with Crippen molar-refractivity contribution in [2.45, 2.75) is 11.1 Å². The van der Waals surface area contributed by atoms with Gasteiger partial charge in [-0.05, 0) is 12.1 Å². The van der Waals surface area contributed by atoms with Gasteiger partial charge in [0, 0.05) is 40.4 Å². The first-order chi connectivity index (χ1) is 11.4. The Bertz CT molecular complexity index is 818. The Morgan fingerprint density at radius 3 is 2.79 bits per heavy atom. The largest absolute Gasteiger partial charge is 0.369 e. The van der Waals surface area contributed by atoms with Gasteiger partial charge in [-0.1, -0.05) is 6.07 Å². The second-order valence-electron chi connectivity index (χ2n) is 5.91. The second-order valence-corrected chi connectivity index (χ2v) is 7.80. The lowest BCUT2D eigenvalue weighted by Gasteiger charge is -2.31. The number of morpholine rings is 1. The summed E-state index contributed by atoms with van der Waals surface area (Å²) in [6.07, 6.45) is 2.59. The number of nitrogens with zero attached hydrogens (tertiary/aromatic N) is 5. The average molecular weight is 351 g/mol. The van der Waals surface area contributed by atoms with E-state index in [2.05, 4.69) is 9.97 Å². The highest BCUT2D eigenvalue weighted by molar-refractivity contribution is 7.89. The number of ether oxygens (including phenoxy) is 1. The minimum atomic E-state index is -3.63. The maximum atomic E-state index is 12.7. The van der Waals surface area contributed by atoms with Crippen LogP contribution in [0.1, 0.15) is 11.8 Å². The molecule has 8 nitrogen and oxygen atoms in total.